The quantitative estimate of drug-likeness (QED) is 0.766. The van der Waals surface area contributed by atoms with E-state index in [2.05, 4.69) is 5.32 Å². The number of ether oxygens (including phenoxy) is 1. The molecule has 132 valence electrons. The normalized spacial score (nSPS) is 10.4. The molecule has 1 amide bonds. The number of halogens is 1. The molecule has 0 saturated carbocycles. The van der Waals surface area contributed by atoms with Gasteiger partial charge < -0.3 is 14.6 Å². The zero-order valence-electron chi connectivity index (χ0n) is 14.1. The number of anilines is 1. The van der Waals surface area contributed by atoms with Crippen LogP contribution in [0.15, 0.2) is 71.7 Å². The standard InChI is InChI=1S/C20H17FN2O3/c1-26-18-4-2-3-14(11-18)12-23-13-15(5-10-19(23)24)20(25)22-17-8-6-16(21)7-9-17/h2-11,13H,12H2,1H3,(H,22,25). The molecule has 1 N–H and O–H groups in total. The van der Waals surface area contributed by atoms with Gasteiger partial charge >= 0.3 is 0 Å². The van der Waals surface area contributed by atoms with Crippen molar-refractivity contribution in [3.8, 4) is 5.75 Å². The number of nitrogens with zero attached hydrogens (tertiary/aromatic N) is 1. The summed E-state index contributed by atoms with van der Waals surface area (Å²) >= 11 is 0. The maximum Gasteiger partial charge on any atom is 0.257 e. The third-order valence-corrected chi connectivity index (χ3v) is 3.83. The summed E-state index contributed by atoms with van der Waals surface area (Å²) in [4.78, 5) is 24.5. The second-order valence-electron chi connectivity index (χ2n) is 5.70. The predicted octanol–water partition coefficient (Wildman–Crippen LogP) is 3.30. The average molecular weight is 352 g/mol. The molecule has 0 radical (unpaired) electrons. The van der Waals surface area contributed by atoms with E-state index >= 15 is 0 Å². The average Bonchev–Trinajstić information content (AvgIpc) is 2.65. The molecule has 6 heteroatoms. The van der Waals surface area contributed by atoms with E-state index in [0.717, 1.165) is 5.56 Å². The number of carbonyl (C=O) groups excluding carboxylic acids is 1. The Bertz CT molecular complexity index is 981. The van der Waals surface area contributed by atoms with Crippen LogP contribution in [0.5, 0.6) is 5.75 Å². The first-order valence-corrected chi connectivity index (χ1v) is 7.95. The fourth-order valence-corrected chi connectivity index (χ4v) is 2.49. The Morgan fingerprint density at radius 3 is 2.62 bits per heavy atom. The number of methoxy groups -OCH3 is 1. The van der Waals surface area contributed by atoms with Gasteiger partial charge in [-0.1, -0.05) is 12.1 Å². The lowest BCUT2D eigenvalue weighted by molar-refractivity contribution is 0.102. The van der Waals surface area contributed by atoms with E-state index in [0.29, 0.717) is 23.5 Å². The minimum Gasteiger partial charge on any atom is -0.497 e. The van der Waals surface area contributed by atoms with Crippen molar-refractivity contribution in [2.24, 2.45) is 0 Å². The van der Waals surface area contributed by atoms with Crippen LogP contribution in [-0.2, 0) is 6.54 Å². The molecule has 26 heavy (non-hydrogen) atoms. The number of aromatic nitrogens is 1. The summed E-state index contributed by atoms with van der Waals surface area (Å²) in [5.74, 6) is -0.0633. The van der Waals surface area contributed by atoms with Gasteiger partial charge in [0, 0.05) is 18.0 Å². The van der Waals surface area contributed by atoms with Gasteiger partial charge in [0.15, 0.2) is 0 Å². The van der Waals surface area contributed by atoms with Gasteiger partial charge in [0.2, 0.25) is 0 Å². The smallest absolute Gasteiger partial charge is 0.257 e. The monoisotopic (exact) mass is 352 g/mol. The number of hydrogen-bond acceptors (Lipinski definition) is 3. The lowest BCUT2D eigenvalue weighted by Crippen LogP contribution is -2.22. The van der Waals surface area contributed by atoms with Crippen molar-refractivity contribution in [2.75, 3.05) is 12.4 Å². The topological polar surface area (TPSA) is 60.3 Å². The van der Waals surface area contributed by atoms with Gasteiger partial charge in [-0.25, -0.2) is 4.39 Å². The SMILES string of the molecule is COc1cccc(Cn2cc(C(=O)Nc3ccc(F)cc3)ccc2=O)c1. The number of benzene rings is 2. The van der Waals surface area contributed by atoms with Gasteiger partial charge in [-0.15, -0.1) is 0 Å². The zero-order chi connectivity index (χ0) is 18.5. The van der Waals surface area contributed by atoms with Crippen LogP contribution in [0.25, 0.3) is 0 Å². The lowest BCUT2D eigenvalue weighted by atomic mass is 10.2. The van der Waals surface area contributed by atoms with Crippen molar-refractivity contribution in [3.63, 3.8) is 0 Å². The molecular weight excluding hydrogens is 335 g/mol. The summed E-state index contributed by atoms with van der Waals surface area (Å²) < 4.78 is 19.6. The maximum atomic E-state index is 12.9. The van der Waals surface area contributed by atoms with Gasteiger partial charge in [0.25, 0.3) is 11.5 Å². The Morgan fingerprint density at radius 2 is 1.88 bits per heavy atom. The van der Waals surface area contributed by atoms with E-state index in [1.807, 2.05) is 24.3 Å². The van der Waals surface area contributed by atoms with Gasteiger partial charge in [-0.2, -0.15) is 0 Å². The van der Waals surface area contributed by atoms with Crippen LogP contribution in [0, 0.1) is 5.82 Å². The van der Waals surface area contributed by atoms with E-state index in [9.17, 15) is 14.0 Å². The third-order valence-electron chi connectivity index (χ3n) is 3.83. The van der Waals surface area contributed by atoms with E-state index < -0.39 is 0 Å². The van der Waals surface area contributed by atoms with Crippen molar-refractivity contribution in [1.82, 2.24) is 4.57 Å². The van der Waals surface area contributed by atoms with Crippen molar-refractivity contribution < 1.29 is 13.9 Å². The van der Waals surface area contributed by atoms with Crippen LogP contribution in [0.4, 0.5) is 10.1 Å². The number of amides is 1. The fourth-order valence-electron chi connectivity index (χ4n) is 2.49. The number of carbonyl (C=O) groups is 1. The Hall–Kier alpha value is -3.41. The highest BCUT2D eigenvalue weighted by Crippen LogP contribution is 2.14. The molecule has 0 aliphatic heterocycles. The number of rotatable bonds is 5. The summed E-state index contributed by atoms with van der Waals surface area (Å²) in [6.45, 7) is 0.313. The van der Waals surface area contributed by atoms with E-state index in [4.69, 9.17) is 4.74 Å². The Labute approximate surface area is 149 Å². The minimum atomic E-state index is -0.380. The second kappa shape index (κ2) is 7.65. The molecule has 5 nitrogen and oxygen atoms in total. The first kappa shape index (κ1) is 17.4. The molecule has 0 aliphatic carbocycles. The number of hydrogen-bond donors (Lipinski definition) is 1. The molecule has 0 bridgehead atoms. The molecule has 1 aromatic heterocycles. The van der Waals surface area contributed by atoms with Gasteiger partial charge in [0.1, 0.15) is 11.6 Å². The van der Waals surface area contributed by atoms with Crippen LogP contribution < -0.4 is 15.6 Å². The van der Waals surface area contributed by atoms with E-state index in [-0.39, 0.29) is 17.3 Å². The first-order chi connectivity index (χ1) is 12.5. The fraction of sp³-hybridized carbons (Fsp3) is 0.100. The summed E-state index contributed by atoms with van der Waals surface area (Å²) in [7, 11) is 1.58. The van der Waals surface area contributed by atoms with Crippen LogP contribution in [0.1, 0.15) is 15.9 Å². The van der Waals surface area contributed by atoms with Crippen molar-refractivity contribution in [3.05, 3.63) is 94.2 Å². The van der Waals surface area contributed by atoms with Crippen LogP contribution >= 0.6 is 0 Å². The summed E-state index contributed by atoms with van der Waals surface area (Å²) in [5.41, 5.74) is 1.47. The van der Waals surface area contributed by atoms with Crippen molar-refractivity contribution >= 4 is 11.6 Å². The van der Waals surface area contributed by atoms with Crippen LogP contribution in [-0.4, -0.2) is 17.6 Å². The molecular formula is C20H17FN2O3. The molecule has 3 rings (SSSR count). The van der Waals surface area contributed by atoms with Gasteiger partial charge in [-0.3, -0.25) is 9.59 Å². The predicted molar refractivity (Wildman–Crippen MR) is 97.2 cm³/mol. The molecule has 3 aromatic rings. The van der Waals surface area contributed by atoms with Crippen LogP contribution in [0.2, 0.25) is 0 Å². The van der Waals surface area contributed by atoms with Crippen molar-refractivity contribution in [2.45, 2.75) is 6.54 Å². The van der Waals surface area contributed by atoms with Crippen molar-refractivity contribution in [1.29, 1.82) is 0 Å². The number of pyridine rings is 1. The lowest BCUT2D eigenvalue weighted by Gasteiger charge is -2.10. The molecule has 0 fully saturated rings. The van der Waals surface area contributed by atoms with E-state index in [1.54, 1.807) is 7.11 Å². The van der Waals surface area contributed by atoms with Gasteiger partial charge in [0.05, 0.1) is 19.2 Å². The highest BCUT2D eigenvalue weighted by molar-refractivity contribution is 6.04. The van der Waals surface area contributed by atoms with E-state index in [1.165, 1.54) is 47.2 Å². The molecule has 1 heterocycles. The molecule has 0 spiro atoms. The number of nitrogens with one attached hydrogen (secondary N) is 1. The maximum absolute atomic E-state index is 12.9. The highest BCUT2D eigenvalue weighted by Gasteiger charge is 2.09. The molecule has 0 aliphatic rings. The molecule has 2 aromatic carbocycles. The molecule has 0 atom stereocenters. The minimum absolute atomic E-state index is 0.217. The highest BCUT2D eigenvalue weighted by atomic mass is 19.1. The molecule has 0 unspecified atom stereocenters. The first-order valence-electron chi connectivity index (χ1n) is 7.95. The summed E-state index contributed by atoms with van der Waals surface area (Å²) in [6, 6.07) is 15.6. The largest absolute Gasteiger partial charge is 0.497 e. The third kappa shape index (κ3) is 4.16. The summed E-state index contributed by atoms with van der Waals surface area (Å²) in [6.07, 6.45) is 1.50. The zero-order valence-corrected chi connectivity index (χ0v) is 14.1. The molecule has 0 saturated heterocycles. The Morgan fingerprint density at radius 1 is 1.12 bits per heavy atom. The Balaban J connectivity index is 1.81. The summed E-state index contributed by atoms with van der Waals surface area (Å²) in [5, 5.41) is 2.67. The Kier molecular flexibility index (Phi) is 5.12. The second-order valence-corrected chi connectivity index (χ2v) is 5.70. The van der Waals surface area contributed by atoms with Crippen LogP contribution in [0.3, 0.4) is 0 Å². The van der Waals surface area contributed by atoms with Gasteiger partial charge in [-0.05, 0) is 48.0 Å².